The van der Waals surface area contributed by atoms with Gasteiger partial charge in [-0.25, -0.2) is 0 Å². The Labute approximate surface area is 99.9 Å². The molecule has 0 heterocycles. The monoisotopic (exact) mass is 320 g/mol. The fourth-order valence-electron chi connectivity index (χ4n) is 1.07. The number of para-hydroxylation sites is 1. The molecule has 0 aliphatic rings. The summed E-state index contributed by atoms with van der Waals surface area (Å²) in [5.74, 6) is 0.595. The predicted octanol–water partition coefficient (Wildman–Crippen LogP) is 3.38. The van der Waals surface area contributed by atoms with Crippen molar-refractivity contribution in [3.05, 3.63) is 29.8 Å². The molecule has 2 nitrogen and oxygen atoms in total. The maximum Gasteiger partial charge on any atom is 0.190 e. The van der Waals surface area contributed by atoms with Crippen LogP contribution in [0.3, 0.4) is 0 Å². The van der Waals surface area contributed by atoms with Crippen molar-refractivity contribution in [1.29, 1.82) is 0 Å². The Morgan fingerprint density at radius 1 is 1.43 bits per heavy atom. The minimum absolute atomic E-state index is 0.0333. The van der Waals surface area contributed by atoms with Gasteiger partial charge in [-0.15, -0.1) is 0 Å². The van der Waals surface area contributed by atoms with Crippen molar-refractivity contribution >= 4 is 37.6 Å². The first-order chi connectivity index (χ1) is 6.66. The number of Topliss-reactive ketones (excluding diaryl/α,β-unsaturated/α-hetero) is 1. The fourth-order valence-corrected chi connectivity index (χ4v) is 1.56. The van der Waals surface area contributed by atoms with E-state index >= 15 is 0 Å². The zero-order chi connectivity index (χ0) is 10.6. The number of ketones is 1. The fraction of sp³-hybridized carbons (Fsp3) is 0.300. The number of halogens is 2. The van der Waals surface area contributed by atoms with Crippen molar-refractivity contribution in [3.63, 3.8) is 0 Å². The summed E-state index contributed by atoms with van der Waals surface area (Å²) in [5.41, 5.74) is 0.591. The van der Waals surface area contributed by atoms with Crippen LogP contribution in [0, 0.1) is 0 Å². The molecule has 0 fully saturated rings. The molecule has 0 saturated heterocycles. The highest BCUT2D eigenvalue weighted by molar-refractivity contribution is 9.25. The first-order valence-electron chi connectivity index (χ1n) is 4.21. The average molecular weight is 322 g/mol. The summed E-state index contributed by atoms with van der Waals surface area (Å²) in [6.45, 7) is 2.44. The molecule has 1 rings (SSSR count). The van der Waals surface area contributed by atoms with E-state index in [4.69, 9.17) is 4.74 Å². The van der Waals surface area contributed by atoms with Gasteiger partial charge in [0.05, 0.1) is 12.2 Å². The van der Waals surface area contributed by atoms with E-state index in [0.717, 1.165) is 0 Å². The molecule has 0 aliphatic carbocycles. The molecule has 0 aliphatic heterocycles. The van der Waals surface area contributed by atoms with Crippen molar-refractivity contribution in [3.8, 4) is 5.75 Å². The van der Waals surface area contributed by atoms with Gasteiger partial charge in [0.2, 0.25) is 0 Å². The number of alkyl halides is 2. The third-order valence-electron chi connectivity index (χ3n) is 1.65. The molecule has 0 unspecified atom stereocenters. The maximum atomic E-state index is 11.7. The van der Waals surface area contributed by atoms with Crippen LogP contribution < -0.4 is 4.74 Å². The van der Waals surface area contributed by atoms with E-state index in [-0.39, 0.29) is 9.52 Å². The molecule has 1 aromatic carbocycles. The molecule has 76 valence electrons. The lowest BCUT2D eigenvalue weighted by Gasteiger charge is -2.09. The number of hydrogen-bond donors (Lipinski definition) is 0. The predicted molar refractivity (Wildman–Crippen MR) is 63.6 cm³/mol. The number of benzene rings is 1. The highest BCUT2D eigenvalue weighted by Gasteiger charge is 2.17. The van der Waals surface area contributed by atoms with Gasteiger partial charge in [-0.05, 0) is 19.1 Å². The van der Waals surface area contributed by atoms with Crippen molar-refractivity contribution in [2.75, 3.05) is 6.61 Å². The second kappa shape index (κ2) is 5.51. The molecule has 0 radical (unpaired) electrons. The molecule has 0 amide bonds. The summed E-state index contributed by atoms with van der Waals surface area (Å²) in [6, 6.07) is 7.21. The van der Waals surface area contributed by atoms with E-state index in [1.165, 1.54) is 0 Å². The largest absolute Gasteiger partial charge is 0.493 e. The van der Waals surface area contributed by atoms with Crippen LogP contribution in [0.15, 0.2) is 24.3 Å². The second-order valence-corrected chi connectivity index (χ2v) is 5.65. The summed E-state index contributed by atoms with van der Waals surface area (Å²) >= 11 is 6.35. The molecule has 0 saturated carbocycles. The molecule has 0 spiro atoms. The standard InChI is InChI=1S/C10H10Br2O2/c1-2-14-8-6-4-3-5-7(8)9(13)10(11)12/h3-6,10H,2H2,1H3. The SMILES string of the molecule is CCOc1ccccc1C(=O)C(Br)Br. The normalized spacial score (nSPS) is 10.3. The number of rotatable bonds is 4. The Balaban J connectivity index is 3.00. The van der Waals surface area contributed by atoms with Crippen LogP contribution in [0.1, 0.15) is 17.3 Å². The first kappa shape index (κ1) is 11.7. The Bertz CT molecular complexity index is 324. The third-order valence-corrected chi connectivity index (χ3v) is 2.48. The molecule has 1 aromatic rings. The quantitative estimate of drug-likeness (QED) is 0.627. The van der Waals surface area contributed by atoms with Crippen LogP contribution in [-0.2, 0) is 0 Å². The lowest BCUT2D eigenvalue weighted by atomic mass is 10.1. The Morgan fingerprint density at radius 3 is 2.64 bits per heavy atom. The van der Waals surface area contributed by atoms with Crippen LogP contribution in [0.5, 0.6) is 5.75 Å². The summed E-state index contributed by atoms with van der Waals surface area (Å²) in [5, 5.41) is 0. The zero-order valence-corrected chi connectivity index (χ0v) is 10.8. The van der Waals surface area contributed by atoms with Gasteiger partial charge in [-0.2, -0.15) is 0 Å². The minimum atomic E-state index is -0.364. The van der Waals surface area contributed by atoms with Crippen LogP contribution >= 0.6 is 31.9 Å². The molecular weight excluding hydrogens is 312 g/mol. The summed E-state index contributed by atoms with van der Waals surface area (Å²) in [4.78, 5) is 11.7. The minimum Gasteiger partial charge on any atom is -0.493 e. The number of hydrogen-bond acceptors (Lipinski definition) is 2. The number of ether oxygens (including phenoxy) is 1. The van der Waals surface area contributed by atoms with Crippen molar-refractivity contribution in [2.24, 2.45) is 0 Å². The van der Waals surface area contributed by atoms with Gasteiger partial charge in [0.15, 0.2) is 5.78 Å². The van der Waals surface area contributed by atoms with Gasteiger partial charge in [-0.1, -0.05) is 44.0 Å². The Morgan fingerprint density at radius 2 is 2.07 bits per heavy atom. The van der Waals surface area contributed by atoms with Gasteiger partial charge >= 0.3 is 0 Å². The van der Waals surface area contributed by atoms with E-state index in [9.17, 15) is 4.79 Å². The van der Waals surface area contributed by atoms with Crippen molar-refractivity contribution in [1.82, 2.24) is 0 Å². The van der Waals surface area contributed by atoms with E-state index in [0.29, 0.717) is 17.9 Å². The van der Waals surface area contributed by atoms with Crippen molar-refractivity contribution in [2.45, 2.75) is 10.7 Å². The van der Waals surface area contributed by atoms with Crippen LogP contribution in [0.4, 0.5) is 0 Å². The van der Waals surface area contributed by atoms with Crippen LogP contribution in [0.2, 0.25) is 0 Å². The summed E-state index contributed by atoms with van der Waals surface area (Å²) < 4.78 is 4.98. The Kier molecular flexibility index (Phi) is 4.62. The van der Waals surface area contributed by atoms with Crippen LogP contribution in [0.25, 0.3) is 0 Å². The van der Waals surface area contributed by atoms with Crippen LogP contribution in [-0.4, -0.2) is 16.1 Å². The lowest BCUT2D eigenvalue weighted by Crippen LogP contribution is -2.09. The van der Waals surface area contributed by atoms with E-state index < -0.39 is 0 Å². The molecular formula is C10H10Br2O2. The molecule has 4 heteroatoms. The zero-order valence-electron chi connectivity index (χ0n) is 7.67. The molecule has 0 N–H and O–H groups in total. The number of carbonyl (C=O) groups is 1. The van der Waals surface area contributed by atoms with E-state index in [1.54, 1.807) is 12.1 Å². The summed E-state index contributed by atoms with van der Waals surface area (Å²) in [6.07, 6.45) is 0. The highest BCUT2D eigenvalue weighted by atomic mass is 79.9. The third kappa shape index (κ3) is 2.82. The molecule has 0 atom stereocenters. The van der Waals surface area contributed by atoms with Gasteiger partial charge in [0.1, 0.15) is 9.49 Å². The van der Waals surface area contributed by atoms with Gasteiger partial charge in [0.25, 0.3) is 0 Å². The van der Waals surface area contributed by atoms with Crippen molar-refractivity contribution < 1.29 is 9.53 Å². The molecule has 14 heavy (non-hydrogen) atoms. The smallest absolute Gasteiger partial charge is 0.190 e. The van der Waals surface area contributed by atoms with Gasteiger partial charge in [-0.3, -0.25) is 4.79 Å². The van der Waals surface area contributed by atoms with Gasteiger partial charge < -0.3 is 4.74 Å². The molecule has 0 aromatic heterocycles. The van der Waals surface area contributed by atoms with E-state index in [2.05, 4.69) is 31.9 Å². The topological polar surface area (TPSA) is 26.3 Å². The number of carbonyl (C=O) groups excluding carboxylic acids is 1. The lowest BCUT2D eigenvalue weighted by molar-refractivity contribution is 0.101. The van der Waals surface area contributed by atoms with Gasteiger partial charge in [0, 0.05) is 0 Å². The average Bonchev–Trinajstić information content (AvgIpc) is 2.18. The second-order valence-electron chi connectivity index (χ2n) is 2.59. The Hall–Kier alpha value is -0.350. The van der Waals surface area contributed by atoms with E-state index in [1.807, 2.05) is 19.1 Å². The maximum absolute atomic E-state index is 11.7. The molecule has 0 bridgehead atoms. The highest BCUT2D eigenvalue weighted by Crippen LogP contribution is 2.23. The first-order valence-corrected chi connectivity index (χ1v) is 6.04. The summed E-state index contributed by atoms with van der Waals surface area (Å²) in [7, 11) is 0.